The first-order chi connectivity index (χ1) is 12.1. The van der Waals surface area contributed by atoms with E-state index in [9.17, 15) is 28.1 Å². The van der Waals surface area contributed by atoms with Gasteiger partial charge in [-0.05, 0) is 12.5 Å². The van der Waals surface area contributed by atoms with Gasteiger partial charge in [-0.25, -0.2) is 13.2 Å². The van der Waals surface area contributed by atoms with E-state index in [1.165, 1.54) is 16.4 Å². The van der Waals surface area contributed by atoms with E-state index in [-0.39, 0.29) is 43.3 Å². The first-order valence-electron chi connectivity index (χ1n) is 7.68. The largest absolute Gasteiger partial charge is 0.351 e. The molecule has 142 valence electrons. The molecule has 1 aromatic carbocycles. The van der Waals surface area contributed by atoms with Crippen LogP contribution in [0, 0.1) is 17.0 Å². The van der Waals surface area contributed by atoms with E-state index in [1.807, 2.05) is 5.32 Å². The molecule has 1 heterocycles. The molecule has 0 radical (unpaired) electrons. The first kappa shape index (κ1) is 19.8. The van der Waals surface area contributed by atoms with Crippen LogP contribution in [0.3, 0.4) is 0 Å². The van der Waals surface area contributed by atoms with Crippen molar-refractivity contribution in [3.8, 4) is 0 Å². The summed E-state index contributed by atoms with van der Waals surface area (Å²) < 4.78 is 26.8. The van der Waals surface area contributed by atoms with Crippen LogP contribution in [0.25, 0.3) is 0 Å². The third-order valence-electron chi connectivity index (χ3n) is 3.96. The molecule has 0 aliphatic carbocycles. The van der Waals surface area contributed by atoms with E-state index in [0.717, 1.165) is 6.07 Å². The molecule has 0 saturated carbocycles. The highest BCUT2D eigenvalue weighted by Gasteiger charge is 2.31. The Morgan fingerprint density at radius 3 is 2.42 bits per heavy atom. The highest BCUT2D eigenvalue weighted by Crippen LogP contribution is 2.25. The average Bonchev–Trinajstić information content (AvgIpc) is 2.54. The number of nitrogens with two attached hydrogens (primary N) is 1. The summed E-state index contributed by atoms with van der Waals surface area (Å²) in [6, 6.07) is 2.76. The van der Waals surface area contributed by atoms with E-state index in [0.29, 0.717) is 5.56 Å². The Hall–Kier alpha value is -2.57. The topological polar surface area (TPSA) is 156 Å². The number of benzene rings is 1. The number of carbonyl (C=O) groups excluding carboxylic acids is 2. The second kappa shape index (κ2) is 7.76. The molecular weight excluding hydrogens is 366 g/mol. The lowest BCUT2D eigenvalue weighted by Gasteiger charge is -2.33. The number of non-ortho nitro benzene ring substituents is 1. The SMILES string of the molecule is Cc1ccc([N+](=O)[O-])cc1S(=O)(=O)N1CCN(CC(=O)NC(N)=O)CC1. The van der Waals surface area contributed by atoms with Crippen LogP contribution in [-0.4, -0.2) is 67.2 Å². The molecule has 2 rings (SSSR count). The van der Waals surface area contributed by atoms with Crippen molar-refractivity contribution in [2.75, 3.05) is 32.7 Å². The number of urea groups is 1. The normalized spacial score (nSPS) is 16.2. The van der Waals surface area contributed by atoms with Gasteiger partial charge in [-0.15, -0.1) is 0 Å². The lowest BCUT2D eigenvalue weighted by Crippen LogP contribution is -2.51. The second-order valence-electron chi connectivity index (χ2n) is 5.80. The molecule has 12 heteroatoms. The zero-order valence-electron chi connectivity index (χ0n) is 14.0. The highest BCUT2D eigenvalue weighted by molar-refractivity contribution is 7.89. The van der Waals surface area contributed by atoms with Gasteiger partial charge >= 0.3 is 6.03 Å². The Morgan fingerprint density at radius 1 is 1.27 bits per heavy atom. The number of hydrogen-bond donors (Lipinski definition) is 2. The number of nitrogens with one attached hydrogen (secondary N) is 1. The summed E-state index contributed by atoms with van der Waals surface area (Å²) in [4.78, 5) is 34.0. The lowest BCUT2D eigenvalue weighted by molar-refractivity contribution is -0.385. The standard InChI is InChI=1S/C14H19N5O6S/c1-10-2-3-11(19(22)23)8-12(10)26(24,25)18-6-4-17(5-7-18)9-13(20)16-14(15)21/h2-3,8H,4-7,9H2,1H3,(H3,15,16,20,21). The molecule has 1 saturated heterocycles. The fourth-order valence-electron chi connectivity index (χ4n) is 2.63. The minimum absolute atomic E-state index is 0.0767. The van der Waals surface area contributed by atoms with Crippen LogP contribution in [0.15, 0.2) is 23.1 Å². The molecule has 0 unspecified atom stereocenters. The van der Waals surface area contributed by atoms with Crippen LogP contribution in [0.5, 0.6) is 0 Å². The number of rotatable bonds is 5. The maximum Gasteiger partial charge on any atom is 0.318 e. The number of hydrogen-bond acceptors (Lipinski definition) is 7. The molecule has 3 N–H and O–H groups in total. The zero-order valence-corrected chi connectivity index (χ0v) is 14.9. The van der Waals surface area contributed by atoms with Crippen molar-refractivity contribution in [1.82, 2.24) is 14.5 Å². The van der Waals surface area contributed by atoms with E-state index >= 15 is 0 Å². The predicted octanol–water partition coefficient (Wildman–Crippen LogP) is -0.596. The molecule has 0 atom stereocenters. The third-order valence-corrected chi connectivity index (χ3v) is 6.00. The Kier molecular flexibility index (Phi) is 5.90. The number of amides is 3. The van der Waals surface area contributed by atoms with Crippen molar-refractivity contribution in [3.05, 3.63) is 33.9 Å². The molecule has 1 aliphatic rings. The number of nitrogens with zero attached hydrogens (tertiary/aromatic N) is 3. The van der Waals surface area contributed by atoms with Gasteiger partial charge in [0, 0.05) is 38.3 Å². The Labute approximate surface area is 149 Å². The Balaban J connectivity index is 2.09. The molecule has 3 amide bonds. The summed E-state index contributed by atoms with van der Waals surface area (Å²) in [6.45, 7) is 2.29. The third kappa shape index (κ3) is 4.53. The van der Waals surface area contributed by atoms with Crippen molar-refractivity contribution in [1.29, 1.82) is 0 Å². The monoisotopic (exact) mass is 385 g/mol. The van der Waals surface area contributed by atoms with Gasteiger partial charge in [0.2, 0.25) is 15.9 Å². The van der Waals surface area contributed by atoms with Crippen LogP contribution < -0.4 is 11.1 Å². The van der Waals surface area contributed by atoms with Crippen LogP contribution in [0.1, 0.15) is 5.56 Å². The van der Waals surface area contributed by atoms with Gasteiger partial charge in [-0.2, -0.15) is 4.31 Å². The van der Waals surface area contributed by atoms with Crippen LogP contribution in [0.4, 0.5) is 10.5 Å². The smallest absolute Gasteiger partial charge is 0.318 e. The Bertz CT molecular complexity index is 832. The van der Waals surface area contributed by atoms with Gasteiger partial charge < -0.3 is 5.73 Å². The second-order valence-corrected chi connectivity index (χ2v) is 7.71. The summed E-state index contributed by atoms with van der Waals surface area (Å²) in [6.07, 6.45) is 0. The van der Waals surface area contributed by atoms with Gasteiger partial charge in [0.25, 0.3) is 5.69 Å². The molecule has 1 aromatic rings. The van der Waals surface area contributed by atoms with Crippen LogP contribution >= 0.6 is 0 Å². The lowest BCUT2D eigenvalue weighted by atomic mass is 10.2. The number of sulfonamides is 1. The van der Waals surface area contributed by atoms with E-state index in [4.69, 9.17) is 5.73 Å². The summed E-state index contributed by atoms with van der Waals surface area (Å²) in [5.41, 5.74) is 4.98. The minimum atomic E-state index is -3.89. The maximum absolute atomic E-state index is 12.8. The minimum Gasteiger partial charge on any atom is -0.351 e. The summed E-state index contributed by atoms with van der Waals surface area (Å²) in [7, 11) is -3.89. The van der Waals surface area contributed by atoms with E-state index < -0.39 is 26.9 Å². The van der Waals surface area contributed by atoms with Crippen molar-refractivity contribution < 1.29 is 22.9 Å². The van der Waals surface area contributed by atoms with Crippen LogP contribution in [0.2, 0.25) is 0 Å². The van der Waals surface area contributed by atoms with Gasteiger partial charge in [-0.1, -0.05) is 6.07 Å². The van der Waals surface area contributed by atoms with Crippen LogP contribution in [-0.2, 0) is 14.8 Å². The predicted molar refractivity (Wildman–Crippen MR) is 90.8 cm³/mol. The van der Waals surface area contributed by atoms with Crippen molar-refractivity contribution in [3.63, 3.8) is 0 Å². The molecule has 0 aromatic heterocycles. The number of nitro groups is 1. The molecule has 11 nitrogen and oxygen atoms in total. The molecule has 26 heavy (non-hydrogen) atoms. The quantitative estimate of drug-likeness (QED) is 0.506. The molecule has 0 spiro atoms. The van der Waals surface area contributed by atoms with Crippen molar-refractivity contribution in [2.24, 2.45) is 5.73 Å². The van der Waals surface area contributed by atoms with Gasteiger partial charge in [0.05, 0.1) is 16.4 Å². The van der Waals surface area contributed by atoms with Gasteiger partial charge in [0.1, 0.15) is 0 Å². The summed E-state index contributed by atoms with van der Waals surface area (Å²) in [5.74, 6) is -0.566. The highest BCUT2D eigenvalue weighted by atomic mass is 32.2. The number of primary amides is 1. The molecule has 0 bridgehead atoms. The maximum atomic E-state index is 12.8. The van der Waals surface area contributed by atoms with Gasteiger partial charge in [0.15, 0.2) is 0 Å². The Morgan fingerprint density at radius 2 is 1.88 bits per heavy atom. The first-order valence-corrected chi connectivity index (χ1v) is 9.12. The van der Waals surface area contributed by atoms with Crippen molar-refractivity contribution >= 4 is 27.6 Å². The summed E-state index contributed by atoms with van der Waals surface area (Å²) >= 11 is 0. The zero-order chi connectivity index (χ0) is 19.5. The number of imide groups is 1. The molecule has 1 fully saturated rings. The summed E-state index contributed by atoms with van der Waals surface area (Å²) in [5, 5.41) is 12.9. The van der Waals surface area contributed by atoms with Crippen molar-refractivity contribution in [2.45, 2.75) is 11.8 Å². The van der Waals surface area contributed by atoms with E-state index in [1.54, 1.807) is 11.8 Å². The number of piperazine rings is 1. The van der Waals surface area contributed by atoms with E-state index in [2.05, 4.69) is 0 Å². The fourth-order valence-corrected chi connectivity index (χ4v) is 4.29. The number of carbonyl (C=O) groups is 2. The number of aryl methyl sites for hydroxylation is 1. The average molecular weight is 385 g/mol. The molecule has 1 aliphatic heterocycles. The number of nitro benzene ring substituents is 1. The molecular formula is C14H19N5O6S. The fraction of sp³-hybridized carbons (Fsp3) is 0.429. The van der Waals surface area contributed by atoms with Gasteiger partial charge in [-0.3, -0.25) is 25.1 Å².